The van der Waals surface area contributed by atoms with E-state index in [0.717, 1.165) is 19.3 Å². The first-order valence-electron chi connectivity index (χ1n) is 4.21. The number of aliphatic hydroxyl groups is 1. The van der Waals surface area contributed by atoms with Gasteiger partial charge < -0.3 is 15.1 Å². The van der Waals surface area contributed by atoms with Gasteiger partial charge in [-0.1, -0.05) is 0 Å². The minimum Gasteiger partial charge on any atom is -0.465 e. The van der Waals surface area contributed by atoms with E-state index in [1.54, 1.807) is 6.92 Å². The topological polar surface area (TPSA) is 60.8 Å². The second-order valence-corrected chi connectivity index (χ2v) is 3.55. The van der Waals surface area contributed by atoms with Crippen molar-refractivity contribution < 1.29 is 15.0 Å². The highest BCUT2D eigenvalue weighted by atomic mass is 16.4. The van der Waals surface area contributed by atoms with Crippen molar-refractivity contribution in [3.63, 3.8) is 0 Å². The van der Waals surface area contributed by atoms with Gasteiger partial charge >= 0.3 is 6.09 Å². The summed E-state index contributed by atoms with van der Waals surface area (Å²) in [6.07, 6.45) is 1.74. The third kappa shape index (κ3) is 1.53. The van der Waals surface area contributed by atoms with Crippen molar-refractivity contribution >= 4 is 6.09 Å². The molecule has 70 valence electrons. The number of carboxylic acid groups (broad SMARTS) is 1. The molecule has 1 aliphatic rings. The van der Waals surface area contributed by atoms with Crippen LogP contribution in [-0.4, -0.2) is 39.9 Å². The number of piperidine rings is 1. The number of aliphatic hydroxyl groups excluding tert-OH is 1. The zero-order valence-corrected chi connectivity index (χ0v) is 7.29. The Hall–Kier alpha value is -0.770. The van der Waals surface area contributed by atoms with Crippen LogP contribution in [0.3, 0.4) is 0 Å². The monoisotopic (exact) mass is 173 g/mol. The molecule has 1 amide bonds. The number of nitrogens with zero attached hydrogens (tertiary/aromatic N) is 1. The second kappa shape index (κ2) is 3.31. The van der Waals surface area contributed by atoms with E-state index in [-0.39, 0.29) is 6.61 Å². The third-order valence-corrected chi connectivity index (χ3v) is 2.57. The van der Waals surface area contributed by atoms with Gasteiger partial charge in [-0.15, -0.1) is 0 Å². The molecule has 4 heteroatoms. The van der Waals surface area contributed by atoms with Crippen LogP contribution in [0.4, 0.5) is 4.79 Å². The lowest BCUT2D eigenvalue weighted by molar-refractivity contribution is 0.0196. The van der Waals surface area contributed by atoms with Gasteiger partial charge in [0.15, 0.2) is 0 Å². The second-order valence-electron chi connectivity index (χ2n) is 3.55. The maximum atomic E-state index is 10.7. The molecule has 0 aromatic rings. The van der Waals surface area contributed by atoms with Crippen molar-refractivity contribution in [2.24, 2.45) is 0 Å². The Bertz CT molecular complexity index is 183. The molecule has 1 aliphatic heterocycles. The average Bonchev–Trinajstić information content (AvgIpc) is 2.05. The minimum atomic E-state index is -0.925. The van der Waals surface area contributed by atoms with Gasteiger partial charge in [-0.2, -0.15) is 0 Å². The molecule has 12 heavy (non-hydrogen) atoms. The Balaban J connectivity index is 2.73. The molecule has 1 fully saturated rings. The standard InChI is InChI=1S/C8H15NO3/c1-8(6-10)4-2-3-5-9(8)7(11)12/h10H,2-6H2,1H3,(H,11,12). The fourth-order valence-corrected chi connectivity index (χ4v) is 1.67. The predicted octanol–water partition coefficient (Wildman–Crippen LogP) is 0.901. The lowest BCUT2D eigenvalue weighted by atomic mass is 9.90. The molecule has 0 spiro atoms. The van der Waals surface area contributed by atoms with Crippen LogP contribution in [0.25, 0.3) is 0 Å². The first-order valence-corrected chi connectivity index (χ1v) is 4.21. The van der Waals surface area contributed by atoms with Gasteiger partial charge in [0.1, 0.15) is 0 Å². The number of rotatable bonds is 1. The van der Waals surface area contributed by atoms with Crippen LogP contribution >= 0.6 is 0 Å². The van der Waals surface area contributed by atoms with Crippen LogP contribution in [0.5, 0.6) is 0 Å². The zero-order valence-electron chi connectivity index (χ0n) is 7.29. The Morgan fingerprint density at radius 1 is 1.58 bits per heavy atom. The highest BCUT2D eigenvalue weighted by molar-refractivity contribution is 5.66. The molecule has 0 radical (unpaired) electrons. The van der Waals surface area contributed by atoms with Crippen molar-refractivity contribution in [3.05, 3.63) is 0 Å². The van der Waals surface area contributed by atoms with Gasteiger partial charge in [-0.3, -0.25) is 0 Å². The molecule has 0 aromatic carbocycles. The lowest BCUT2D eigenvalue weighted by Crippen LogP contribution is -2.54. The van der Waals surface area contributed by atoms with Gasteiger partial charge in [-0.05, 0) is 26.2 Å². The van der Waals surface area contributed by atoms with Crippen molar-refractivity contribution in [1.82, 2.24) is 4.90 Å². The van der Waals surface area contributed by atoms with Crippen LogP contribution in [0.2, 0.25) is 0 Å². The minimum absolute atomic E-state index is 0.0840. The molecule has 0 aromatic heterocycles. The van der Waals surface area contributed by atoms with Crippen LogP contribution in [0.1, 0.15) is 26.2 Å². The van der Waals surface area contributed by atoms with E-state index in [1.165, 1.54) is 4.90 Å². The van der Waals surface area contributed by atoms with Gasteiger partial charge in [-0.25, -0.2) is 4.79 Å². The molecule has 0 bridgehead atoms. The number of hydrogen-bond acceptors (Lipinski definition) is 2. The molecule has 1 unspecified atom stereocenters. The van der Waals surface area contributed by atoms with Gasteiger partial charge in [0.25, 0.3) is 0 Å². The largest absolute Gasteiger partial charge is 0.465 e. The van der Waals surface area contributed by atoms with E-state index in [4.69, 9.17) is 10.2 Å². The molecule has 0 aliphatic carbocycles. The van der Waals surface area contributed by atoms with E-state index < -0.39 is 11.6 Å². The quantitative estimate of drug-likeness (QED) is 0.619. The maximum absolute atomic E-state index is 10.7. The Morgan fingerprint density at radius 3 is 2.67 bits per heavy atom. The normalized spacial score (nSPS) is 30.3. The van der Waals surface area contributed by atoms with Crippen LogP contribution < -0.4 is 0 Å². The van der Waals surface area contributed by atoms with Crippen molar-refractivity contribution in [1.29, 1.82) is 0 Å². The smallest absolute Gasteiger partial charge is 0.407 e. The molecule has 1 saturated heterocycles. The summed E-state index contributed by atoms with van der Waals surface area (Å²) in [5, 5.41) is 17.9. The van der Waals surface area contributed by atoms with Crippen molar-refractivity contribution in [3.8, 4) is 0 Å². The first kappa shape index (κ1) is 9.32. The molecule has 1 rings (SSSR count). The van der Waals surface area contributed by atoms with Gasteiger partial charge in [0, 0.05) is 6.54 Å². The van der Waals surface area contributed by atoms with Gasteiger partial charge in [0.05, 0.1) is 12.1 Å². The van der Waals surface area contributed by atoms with E-state index in [2.05, 4.69) is 0 Å². The van der Waals surface area contributed by atoms with Crippen molar-refractivity contribution in [2.75, 3.05) is 13.2 Å². The highest BCUT2D eigenvalue weighted by Gasteiger charge is 2.36. The summed E-state index contributed by atoms with van der Waals surface area (Å²) in [6.45, 7) is 2.26. The van der Waals surface area contributed by atoms with Crippen LogP contribution in [0, 0.1) is 0 Å². The summed E-state index contributed by atoms with van der Waals surface area (Å²) in [4.78, 5) is 12.1. The number of likely N-dealkylation sites (tertiary alicyclic amines) is 1. The first-order chi connectivity index (χ1) is 5.60. The van der Waals surface area contributed by atoms with Gasteiger partial charge in [0.2, 0.25) is 0 Å². The molecule has 4 nitrogen and oxygen atoms in total. The fourth-order valence-electron chi connectivity index (χ4n) is 1.67. The number of amides is 1. The van der Waals surface area contributed by atoms with Crippen molar-refractivity contribution in [2.45, 2.75) is 31.7 Å². The summed E-state index contributed by atoms with van der Waals surface area (Å²) in [7, 11) is 0. The fraction of sp³-hybridized carbons (Fsp3) is 0.875. The van der Waals surface area contributed by atoms with E-state index in [9.17, 15) is 4.79 Å². The maximum Gasteiger partial charge on any atom is 0.407 e. The van der Waals surface area contributed by atoms with Crippen LogP contribution in [-0.2, 0) is 0 Å². The molecular formula is C8H15NO3. The van der Waals surface area contributed by atoms with E-state index in [1.807, 2.05) is 0 Å². The Morgan fingerprint density at radius 2 is 2.25 bits per heavy atom. The predicted molar refractivity (Wildman–Crippen MR) is 44.1 cm³/mol. The lowest BCUT2D eigenvalue weighted by Gasteiger charge is -2.41. The molecule has 0 saturated carbocycles. The van der Waals surface area contributed by atoms with Crippen LogP contribution in [0.15, 0.2) is 0 Å². The number of hydrogen-bond donors (Lipinski definition) is 2. The molecular weight excluding hydrogens is 158 g/mol. The molecule has 1 atom stereocenters. The molecule has 1 heterocycles. The summed E-state index contributed by atoms with van der Waals surface area (Å²) < 4.78 is 0. The summed E-state index contributed by atoms with van der Waals surface area (Å²) in [6, 6.07) is 0. The van der Waals surface area contributed by atoms with E-state index >= 15 is 0 Å². The summed E-state index contributed by atoms with van der Waals surface area (Å²) >= 11 is 0. The zero-order chi connectivity index (χ0) is 9.19. The Labute approximate surface area is 71.8 Å². The highest BCUT2D eigenvalue weighted by Crippen LogP contribution is 2.27. The summed E-state index contributed by atoms with van der Waals surface area (Å²) in [5.41, 5.74) is -0.552. The Kier molecular flexibility index (Phi) is 2.57. The summed E-state index contributed by atoms with van der Waals surface area (Å²) in [5.74, 6) is 0. The third-order valence-electron chi connectivity index (χ3n) is 2.57. The average molecular weight is 173 g/mol. The molecule has 2 N–H and O–H groups in total. The van der Waals surface area contributed by atoms with E-state index in [0.29, 0.717) is 6.54 Å². The SMILES string of the molecule is CC1(CO)CCCCN1C(=O)O. The number of carbonyl (C=O) groups is 1.